The first-order valence-electron chi connectivity index (χ1n) is 9.29. The van der Waals surface area contributed by atoms with Gasteiger partial charge in [-0.15, -0.1) is 0 Å². The maximum atomic E-state index is 2.43. The van der Waals surface area contributed by atoms with Crippen LogP contribution in [-0.4, -0.2) is 25.0 Å². The van der Waals surface area contributed by atoms with E-state index in [9.17, 15) is 0 Å². The van der Waals surface area contributed by atoms with Crippen molar-refractivity contribution < 1.29 is 0 Å². The van der Waals surface area contributed by atoms with Gasteiger partial charge in [0, 0.05) is 0 Å². The summed E-state index contributed by atoms with van der Waals surface area (Å²) >= 11 is 0. The largest absolute Gasteiger partial charge is 0.306 e. The SMILES string of the molecule is C.CC(C)(C)C1CCCCC1.CN1CCC(C(C)(C)C)CC1. The molecule has 0 N–H and O–H groups in total. The first kappa shape index (κ1) is 22.0. The summed E-state index contributed by atoms with van der Waals surface area (Å²) in [6, 6.07) is 0. The van der Waals surface area contributed by atoms with Crippen LogP contribution < -0.4 is 0 Å². The van der Waals surface area contributed by atoms with Gasteiger partial charge in [0.2, 0.25) is 0 Å². The highest BCUT2D eigenvalue weighted by atomic mass is 15.1. The van der Waals surface area contributed by atoms with Crippen LogP contribution in [0.5, 0.6) is 0 Å². The van der Waals surface area contributed by atoms with Crippen LogP contribution in [0.1, 0.15) is 93.9 Å². The fourth-order valence-corrected chi connectivity index (χ4v) is 3.84. The van der Waals surface area contributed by atoms with Gasteiger partial charge in [-0.1, -0.05) is 68.2 Å². The van der Waals surface area contributed by atoms with Gasteiger partial charge in [-0.25, -0.2) is 0 Å². The Kier molecular flexibility index (Phi) is 9.29. The molecular formula is C21H45N. The van der Waals surface area contributed by atoms with Crippen molar-refractivity contribution >= 4 is 0 Å². The van der Waals surface area contributed by atoms with Crippen LogP contribution in [0, 0.1) is 22.7 Å². The minimum Gasteiger partial charge on any atom is -0.306 e. The van der Waals surface area contributed by atoms with Crippen LogP contribution in [0.2, 0.25) is 0 Å². The van der Waals surface area contributed by atoms with Crippen LogP contribution in [-0.2, 0) is 0 Å². The van der Waals surface area contributed by atoms with Gasteiger partial charge >= 0.3 is 0 Å². The molecule has 22 heavy (non-hydrogen) atoms. The molecule has 2 fully saturated rings. The number of piperidine rings is 1. The van der Waals surface area contributed by atoms with E-state index in [1.54, 1.807) is 0 Å². The maximum Gasteiger partial charge on any atom is -0.00189 e. The number of hydrogen-bond donors (Lipinski definition) is 0. The molecule has 0 aromatic heterocycles. The van der Waals surface area contributed by atoms with Gasteiger partial charge in [0.05, 0.1) is 0 Å². The van der Waals surface area contributed by atoms with Crippen molar-refractivity contribution in [2.45, 2.75) is 93.9 Å². The van der Waals surface area contributed by atoms with Gasteiger partial charge in [0.1, 0.15) is 0 Å². The summed E-state index contributed by atoms with van der Waals surface area (Å²) < 4.78 is 0. The van der Waals surface area contributed by atoms with E-state index in [0.717, 1.165) is 11.8 Å². The highest BCUT2D eigenvalue weighted by molar-refractivity contribution is 4.79. The molecule has 1 aliphatic heterocycles. The molecule has 0 unspecified atom stereocenters. The minimum atomic E-state index is 0. The highest BCUT2D eigenvalue weighted by Crippen LogP contribution is 2.37. The van der Waals surface area contributed by atoms with Gasteiger partial charge in [0.15, 0.2) is 0 Å². The standard InChI is InChI=1S/C10H21N.C10H20.CH4/c1-10(2,3)9-5-7-11(4)8-6-9;1-10(2,3)9-7-5-4-6-8-9;/h9H,5-8H2,1-4H3;9H,4-8H2,1-3H3;1H4. The summed E-state index contributed by atoms with van der Waals surface area (Å²) in [5, 5.41) is 0. The van der Waals surface area contributed by atoms with E-state index in [2.05, 4.69) is 53.5 Å². The zero-order valence-electron chi connectivity index (χ0n) is 16.0. The summed E-state index contributed by atoms with van der Waals surface area (Å²) in [6.45, 7) is 16.8. The highest BCUT2D eigenvalue weighted by Gasteiger charge is 2.27. The Balaban J connectivity index is 0.000000385. The second-order valence-corrected chi connectivity index (χ2v) is 9.64. The number of nitrogens with zero attached hydrogens (tertiary/aromatic N) is 1. The maximum absolute atomic E-state index is 2.43. The first-order valence-corrected chi connectivity index (χ1v) is 9.29. The van der Waals surface area contributed by atoms with Crippen LogP contribution in [0.4, 0.5) is 0 Å². The predicted molar refractivity (Wildman–Crippen MR) is 102 cm³/mol. The zero-order valence-corrected chi connectivity index (χ0v) is 16.0. The van der Waals surface area contributed by atoms with E-state index in [0.29, 0.717) is 10.8 Å². The summed E-state index contributed by atoms with van der Waals surface area (Å²) in [7, 11) is 2.22. The normalized spacial score (nSPS) is 22.5. The Bertz CT molecular complexity index is 267. The molecule has 2 rings (SSSR count). The van der Waals surface area contributed by atoms with E-state index in [1.807, 2.05) is 0 Å². The van der Waals surface area contributed by atoms with Crippen molar-refractivity contribution in [1.29, 1.82) is 0 Å². The van der Waals surface area contributed by atoms with Crippen molar-refractivity contribution in [1.82, 2.24) is 4.90 Å². The Morgan fingerprint density at radius 3 is 1.32 bits per heavy atom. The zero-order chi connectivity index (χ0) is 16.1. The van der Waals surface area contributed by atoms with Crippen molar-refractivity contribution in [3.8, 4) is 0 Å². The molecular weight excluding hydrogens is 266 g/mol. The average molecular weight is 312 g/mol. The Morgan fingerprint density at radius 2 is 1.00 bits per heavy atom. The van der Waals surface area contributed by atoms with E-state index in [1.165, 1.54) is 58.0 Å². The fraction of sp³-hybridized carbons (Fsp3) is 1.00. The van der Waals surface area contributed by atoms with Crippen LogP contribution in [0.25, 0.3) is 0 Å². The Labute approximate surface area is 142 Å². The lowest BCUT2D eigenvalue weighted by Crippen LogP contribution is -2.35. The molecule has 134 valence electrons. The molecule has 2 aliphatic rings. The van der Waals surface area contributed by atoms with Gasteiger partial charge in [-0.05, 0) is 68.5 Å². The molecule has 0 aromatic carbocycles. The van der Waals surface area contributed by atoms with E-state index in [-0.39, 0.29) is 7.43 Å². The molecule has 0 amide bonds. The lowest BCUT2D eigenvalue weighted by molar-refractivity contribution is 0.129. The number of hydrogen-bond acceptors (Lipinski definition) is 1. The Morgan fingerprint density at radius 1 is 0.636 bits per heavy atom. The van der Waals surface area contributed by atoms with Gasteiger partial charge in [-0.3, -0.25) is 0 Å². The third kappa shape index (κ3) is 7.99. The summed E-state index contributed by atoms with van der Waals surface area (Å²) in [5.74, 6) is 1.94. The number of rotatable bonds is 0. The summed E-state index contributed by atoms with van der Waals surface area (Å²) in [6.07, 6.45) is 10.2. The second kappa shape index (κ2) is 9.30. The molecule has 0 radical (unpaired) electrons. The van der Waals surface area contributed by atoms with Gasteiger partial charge in [0.25, 0.3) is 0 Å². The second-order valence-electron chi connectivity index (χ2n) is 9.64. The van der Waals surface area contributed by atoms with Crippen molar-refractivity contribution in [2.75, 3.05) is 20.1 Å². The molecule has 0 atom stereocenters. The molecule has 1 nitrogen and oxygen atoms in total. The topological polar surface area (TPSA) is 3.24 Å². The molecule has 0 bridgehead atoms. The molecule has 1 saturated carbocycles. The first-order chi connectivity index (χ1) is 9.60. The molecule has 1 heteroatoms. The minimum absolute atomic E-state index is 0. The Hall–Kier alpha value is -0.0400. The van der Waals surface area contributed by atoms with E-state index >= 15 is 0 Å². The third-order valence-corrected chi connectivity index (χ3v) is 5.77. The monoisotopic (exact) mass is 311 g/mol. The molecule has 1 aliphatic carbocycles. The van der Waals surface area contributed by atoms with Gasteiger partial charge < -0.3 is 4.90 Å². The van der Waals surface area contributed by atoms with Crippen LogP contribution in [0.15, 0.2) is 0 Å². The van der Waals surface area contributed by atoms with Crippen molar-refractivity contribution in [3.05, 3.63) is 0 Å². The summed E-state index contributed by atoms with van der Waals surface area (Å²) in [5.41, 5.74) is 1.10. The molecule has 0 spiro atoms. The third-order valence-electron chi connectivity index (χ3n) is 5.77. The smallest absolute Gasteiger partial charge is 0.00189 e. The lowest BCUT2D eigenvalue weighted by Gasteiger charge is -2.37. The lowest BCUT2D eigenvalue weighted by atomic mass is 9.72. The fourth-order valence-electron chi connectivity index (χ4n) is 3.84. The van der Waals surface area contributed by atoms with Crippen LogP contribution in [0.3, 0.4) is 0 Å². The van der Waals surface area contributed by atoms with Crippen molar-refractivity contribution in [2.24, 2.45) is 22.7 Å². The van der Waals surface area contributed by atoms with Gasteiger partial charge in [-0.2, -0.15) is 0 Å². The van der Waals surface area contributed by atoms with Crippen LogP contribution >= 0.6 is 0 Å². The van der Waals surface area contributed by atoms with E-state index in [4.69, 9.17) is 0 Å². The molecule has 1 saturated heterocycles. The molecule has 0 aromatic rings. The quantitative estimate of drug-likeness (QED) is 0.485. The molecule has 1 heterocycles. The predicted octanol–water partition coefficient (Wildman–Crippen LogP) is 6.62. The van der Waals surface area contributed by atoms with Crippen molar-refractivity contribution in [3.63, 3.8) is 0 Å². The average Bonchev–Trinajstić information content (AvgIpc) is 2.39. The number of likely N-dealkylation sites (tertiary alicyclic amines) is 1. The van der Waals surface area contributed by atoms with E-state index < -0.39 is 0 Å². The summed E-state index contributed by atoms with van der Waals surface area (Å²) in [4.78, 5) is 2.43.